The lowest BCUT2D eigenvalue weighted by atomic mass is 10.1. The highest BCUT2D eigenvalue weighted by Gasteiger charge is 2.19. The zero-order chi connectivity index (χ0) is 11.4. The van der Waals surface area contributed by atoms with Crippen LogP contribution in [0.3, 0.4) is 0 Å². The second kappa shape index (κ2) is 4.79. The third-order valence-electron chi connectivity index (χ3n) is 2.73. The Labute approximate surface area is 94.2 Å². The van der Waals surface area contributed by atoms with E-state index in [1.165, 1.54) is 0 Å². The molecule has 16 heavy (non-hydrogen) atoms. The first-order valence-electron chi connectivity index (χ1n) is 5.42. The van der Waals surface area contributed by atoms with E-state index in [9.17, 15) is 9.59 Å². The minimum Gasteiger partial charge on any atom is -0.329 e. The van der Waals surface area contributed by atoms with Crippen molar-refractivity contribution in [3.05, 3.63) is 24.3 Å². The molecule has 0 spiro atoms. The number of anilines is 2. The maximum absolute atomic E-state index is 11.7. The van der Waals surface area contributed by atoms with Gasteiger partial charge in [0, 0.05) is 24.3 Å². The molecule has 1 fully saturated rings. The Hall–Kier alpha value is -1.84. The van der Waals surface area contributed by atoms with Crippen LogP contribution in [-0.4, -0.2) is 18.9 Å². The number of hydrogen-bond donors (Lipinski definition) is 1. The van der Waals surface area contributed by atoms with Gasteiger partial charge in [0.1, 0.15) is 0 Å². The normalized spacial score (nSPS) is 16.0. The standard InChI is InChI=1S/C12H14N2O2/c15-9-13-10-4-6-11(7-5-10)14-8-2-1-3-12(14)16/h4-7,9H,1-3,8H2,(H,13,15). The molecule has 0 aliphatic carbocycles. The molecule has 1 aromatic rings. The van der Waals surface area contributed by atoms with Crippen LogP contribution in [0, 0.1) is 0 Å². The monoisotopic (exact) mass is 218 g/mol. The molecular formula is C12H14N2O2. The molecule has 0 bridgehead atoms. The van der Waals surface area contributed by atoms with Gasteiger partial charge in [0.25, 0.3) is 0 Å². The van der Waals surface area contributed by atoms with Crippen LogP contribution in [0.25, 0.3) is 0 Å². The fourth-order valence-electron chi connectivity index (χ4n) is 1.88. The molecule has 84 valence electrons. The van der Waals surface area contributed by atoms with Gasteiger partial charge in [0.2, 0.25) is 12.3 Å². The number of amides is 2. The van der Waals surface area contributed by atoms with Crippen molar-refractivity contribution >= 4 is 23.7 Å². The largest absolute Gasteiger partial charge is 0.329 e. The van der Waals surface area contributed by atoms with Gasteiger partial charge in [0.15, 0.2) is 0 Å². The van der Waals surface area contributed by atoms with E-state index in [2.05, 4.69) is 5.32 Å². The van der Waals surface area contributed by atoms with E-state index in [4.69, 9.17) is 0 Å². The van der Waals surface area contributed by atoms with Crippen molar-refractivity contribution in [1.82, 2.24) is 0 Å². The fourth-order valence-corrected chi connectivity index (χ4v) is 1.88. The average Bonchev–Trinajstić information content (AvgIpc) is 2.31. The van der Waals surface area contributed by atoms with Crippen LogP contribution in [0.2, 0.25) is 0 Å². The van der Waals surface area contributed by atoms with Crippen molar-refractivity contribution in [3.8, 4) is 0 Å². The van der Waals surface area contributed by atoms with Crippen molar-refractivity contribution in [1.29, 1.82) is 0 Å². The van der Waals surface area contributed by atoms with Gasteiger partial charge < -0.3 is 10.2 Å². The highest BCUT2D eigenvalue weighted by atomic mass is 16.2. The first kappa shape index (κ1) is 10.7. The summed E-state index contributed by atoms with van der Waals surface area (Å²) in [6.45, 7) is 0.791. The molecule has 4 nitrogen and oxygen atoms in total. The van der Waals surface area contributed by atoms with Crippen LogP contribution in [0.5, 0.6) is 0 Å². The van der Waals surface area contributed by atoms with Crippen molar-refractivity contribution in [2.24, 2.45) is 0 Å². The number of benzene rings is 1. The summed E-state index contributed by atoms with van der Waals surface area (Å²) in [4.78, 5) is 23.7. The van der Waals surface area contributed by atoms with Crippen LogP contribution in [0.1, 0.15) is 19.3 Å². The van der Waals surface area contributed by atoms with Crippen molar-refractivity contribution in [2.75, 3.05) is 16.8 Å². The van der Waals surface area contributed by atoms with Gasteiger partial charge in [-0.2, -0.15) is 0 Å². The zero-order valence-corrected chi connectivity index (χ0v) is 8.98. The molecule has 0 unspecified atom stereocenters. The molecule has 1 aliphatic heterocycles. The van der Waals surface area contributed by atoms with Crippen LogP contribution in [0.15, 0.2) is 24.3 Å². The van der Waals surface area contributed by atoms with Crippen molar-refractivity contribution in [3.63, 3.8) is 0 Å². The van der Waals surface area contributed by atoms with Crippen LogP contribution in [-0.2, 0) is 9.59 Å². The Morgan fingerprint density at radius 2 is 1.94 bits per heavy atom. The van der Waals surface area contributed by atoms with Crippen LogP contribution >= 0.6 is 0 Å². The summed E-state index contributed by atoms with van der Waals surface area (Å²) in [6.07, 6.45) is 3.32. The first-order valence-corrected chi connectivity index (χ1v) is 5.42. The van der Waals surface area contributed by atoms with Gasteiger partial charge in [0.05, 0.1) is 0 Å². The molecule has 1 heterocycles. The predicted octanol–water partition coefficient (Wildman–Crippen LogP) is 1.77. The lowest BCUT2D eigenvalue weighted by Gasteiger charge is -2.26. The SMILES string of the molecule is O=CNc1ccc(N2CCCCC2=O)cc1. The van der Waals surface area contributed by atoms with Gasteiger partial charge in [-0.3, -0.25) is 9.59 Å². The maximum Gasteiger partial charge on any atom is 0.226 e. The highest BCUT2D eigenvalue weighted by Crippen LogP contribution is 2.22. The van der Waals surface area contributed by atoms with Gasteiger partial charge in [-0.1, -0.05) is 0 Å². The summed E-state index contributed by atoms with van der Waals surface area (Å²) in [5.74, 6) is 0.183. The quantitative estimate of drug-likeness (QED) is 0.786. The molecule has 1 aliphatic rings. The van der Waals surface area contributed by atoms with E-state index in [0.29, 0.717) is 12.8 Å². The lowest BCUT2D eigenvalue weighted by molar-refractivity contribution is -0.119. The van der Waals surface area contributed by atoms with Gasteiger partial charge >= 0.3 is 0 Å². The topological polar surface area (TPSA) is 49.4 Å². The third-order valence-corrected chi connectivity index (χ3v) is 2.73. The number of nitrogens with one attached hydrogen (secondary N) is 1. The van der Waals surface area contributed by atoms with Crippen molar-refractivity contribution < 1.29 is 9.59 Å². The lowest BCUT2D eigenvalue weighted by Crippen LogP contribution is -2.35. The smallest absolute Gasteiger partial charge is 0.226 e. The molecule has 0 aromatic heterocycles. The number of carbonyl (C=O) groups excluding carboxylic acids is 2. The van der Waals surface area contributed by atoms with E-state index >= 15 is 0 Å². The Kier molecular flexibility index (Phi) is 3.19. The molecule has 0 saturated carbocycles. The van der Waals surface area contributed by atoms with E-state index in [0.717, 1.165) is 30.8 Å². The first-order chi connectivity index (χ1) is 7.81. The third kappa shape index (κ3) is 2.21. The summed E-state index contributed by atoms with van der Waals surface area (Å²) in [5, 5.41) is 2.56. The number of piperidine rings is 1. The summed E-state index contributed by atoms with van der Waals surface area (Å²) in [5.41, 5.74) is 1.64. The molecule has 1 N–H and O–H groups in total. The summed E-state index contributed by atoms with van der Waals surface area (Å²) < 4.78 is 0. The van der Waals surface area contributed by atoms with Gasteiger partial charge in [-0.15, -0.1) is 0 Å². The molecule has 2 rings (SSSR count). The number of carbonyl (C=O) groups is 2. The molecule has 2 amide bonds. The second-order valence-electron chi connectivity index (χ2n) is 3.81. The van der Waals surface area contributed by atoms with Crippen LogP contribution in [0.4, 0.5) is 11.4 Å². The fraction of sp³-hybridized carbons (Fsp3) is 0.333. The van der Waals surface area contributed by atoms with E-state index < -0.39 is 0 Å². The van der Waals surface area contributed by atoms with Gasteiger partial charge in [-0.05, 0) is 37.1 Å². The zero-order valence-electron chi connectivity index (χ0n) is 8.98. The van der Waals surface area contributed by atoms with Crippen LogP contribution < -0.4 is 10.2 Å². The highest BCUT2D eigenvalue weighted by molar-refractivity contribution is 5.94. The second-order valence-corrected chi connectivity index (χ2v) is 3.81. The minimum atomic E-state index is 0.183. The van der Waals surface area contributed by atoms with Gasteiger partial charge in [-0.25, -0.2) is 0 Å². The molecule has 1 aromatic carbocycles. The molecule has 0 radical (unpaired) electrons. The number of rotatable bonds is 3. The van der Waals surface area contributed by atoms with E-state index in [-0.39, 0.29) is 5.91 Å². The summed E-state index contributed by atoms with van der Waals surface area (Å²) >= 11 is 0. The Bertz CT molecular complexity index is 387. The number of hydrogen-bond acceptors (Lipinski definition) is 2. The predicted molar refractivity (Wildman–Crippen MR) is 62.3 cm³/mol. The number of nitrogens with zero attached hydrogens (tertiary/aromatic N) is 1. The summed E-state index contributed by atoms with van der Waals surface area (Å²) in [7, 11) is 0. The summed E-state index contributed by atoms with van der Waals surface area (Å²) in [6, 6.07) is 7.31. The Morgan fingerprint density at radius 1 is 1.19 bits per heavy atom. The average molecular weight is 218 g/mol. The maximum atomic E-state index is 11.7. The molecule has 4 heteroatoms. The van der Waals surface area contributed by atoms with Crippen molar-refractivity contribution in [2.45, 2.75) is 19.3 Å². The molecule has 0 atom stereocenters. The Morgan fingerprint density at radius 3 is 2.56 bits per heavy atom. The minimum absolute atomic E-state index is 0.183. The Balaban J connectivity index is 2.13. The van der Waals surface area contributed by atoms with E-state index in [1.54, 1.807) is 17.0 Å². The molecular weight excluding hydrogens is 204 g/mol. The van der Waals surface area contributed by atoms with E-state index in [1.807, 2.05) is 12.1 Å². The molecule has 1 saturated heterocycles.